The lowest BCUT2D eigenvalue weighted by Gasteiger charge is -2.07. The topological polar surface area (TPSA) is 55.1 Å². The number of rotatable bonds is 3. The van der Waals surface area contributed by atoms with E-state index in [0.29, 0.717) is 23.3 Å². The first kappa shape index (κ1) is 11.5. The number of fused-ring (bicyclic) bond motifs is 3. The molecule has 3 rings (SSSR count). The number of nitrogens with one attached hydrogen (secondary N) is 1. The van der Waals surface area contributed by atoms with Gasteiger partial charge in [-0.15, -0.1) is 6.58 Å². The van der Waals surface area contributed by atoms with Crippen molar-refractivity contribution in [2.24, 2.45) is 0 Å². The van der Waals surface area contributed by atoms with Crippen molar-refractivity contribution in [1.82, 2.24) is 4.98 Å². The van der Waals surface area contributed by atoms with Crippen molar-refractivity contribution in [2.45, 2.75) is 0 Å². The second-order valence-electron chi connectivity index (χ2n) is 4.14. The van der Waals surface area contributed by atoms with Gasteiger partial charge in [-0.2, -0.15) is 0 Å². The first-order valence-electron chi connectivity index (χ1n) is 5.96. The van der Waals surface area contributed by atoms with E-state index in [1.54, 1.807) is 18.3 Å². The zero-order valence-corrected chi connectivity index (χ0v) is 10.2. The van der Waals surface area contributed by atoms with E-state index in [9.17, 15) is 4.79 Å². The van der Waals surface area contributed by atoms with Gasteiger partial charge < -0.3 is 9.73 Å². The van der Waals surface area contributed by atoms with Crippen LogP contribution in [0.2, 0.25) is 0 Å². The first-order chi connectivity index (χ1) is 9.31. The molecule has 0 amide bonds. The summed E-state index contributed by atoms with van der Waals surface area (Å²) in [5, 5.41) is 5.27. The molecule has 0 fully saturated rings. The minimum absolute atomic E-state index is 0.381. The molecule has 0 saturated heterocycles. The summed E-state index contributed by atoms with van der Waals surface area (Å²) in [5.41, 5.74) is 0.203. The van der Waals surface area contributed by atoms with Gasteiger partial charge in [-0.05, 0) is 12.1 Å². The van der Waals surface area contributed by atoms with Gasteiger partial charge >= 0.3 is 5.63 Å². The third kappa shape index (κ3) is 1.87. The highest BCUT2D eigenvalue weighted by Crippen LogP contribution is 2.25. The zero-order chi connectivity index (χ0) is 13.2. The Bertz CT molecular complexity index is 821. The van der Waals surface area contributed by atoms with E-state index in [-0.39, 0.29) is 5.63 Å². The van der Waals surface area contributed by atoms with Crippen LogP contribution in [0.5, 0.6) is 0 Å². The Morgan fingerprint density at radius 1 is 1.26 bits per heavy atom. The van der Waals surface area contributed by atoms with Crippen LogP contribution < -0.4 is 10.9 Å². The van der Waals surface area contributed by atoms with E-state index in [1.807, 2.05) is 24.3 Å². The Hall–Kier alpha value is -2.62. The van der Waals surface area contributed by atoms with Gasteiger partial charge in [0.2, 0.25) is 0 Å². The third-order valence-corrected chi connectivity index (χ3v) is 2.95. The number of benzene rings is 1. The van der Waals surface area contributed by atoms with Crippen LogP contribution in [-0.4, -0.2) is 11.5 Å². The van der Waals surface area contributed by atoms with Gasteiger partial charge in [-0.25, -0.2) is 9.78 Å². The molecule has 94 valence electrons. The van der Waals surface area contributed by atoms with Crippen molar-refractivity contribution in [3.63, 3.8) is 0 Å². The molecule has 2 heterocycles. The molecule has 3 aromatic rings. The Morgan fingerprint density at radius 2 is 2.11 bits per heavy atom. The van der Waals surface area contributed by atoms with Crippen LogP contribution in [-0.2, 0) is 0 Å². The van der Waals surface area contributed by atoms with Crippen molar-refractivity contribution in [3.8, 4) is 0 Å². The molecule has 0 spiro atoms. The van der Waals surface area contributed by atoms with Crippen LogP contribution >= 0.6 is 0 Å². The number of pyridine rings is 1. The summed E-state index contributed by atoms with van der Waals surface area (Å²) in [6, 6.07) is 9.30. The highest BCUT2D eigenvalue weighted by atomic mass is 16.4. The largest absolute Gasteiger partial charge is 0.422 e. The van der Waals surface area contributed by atoms with E-state index in [0.717, 1.165) is 10.8 Å². The van der Waals surface area contributed by atoms with E-state index >= 15 is 0 Å². The summed E-state index contributed by atoms with van der Waals surface area (Å²) in [6.07, 6.45) is 3.39. The van der Waals surface area contributed by atoms with E-state index in [1.165, 1.54) is 0 Å². The highest BCUT2D eigenvalue weighted by molar-refractivity contribution is 6.07. The minimum atomic E-state index is -0.381. The maximum absolute atomic E-state index is 12.1. The second kappa shape index (κ2) is 4.57. The Balaban J connectivity index is 2.40. The molecule has 0 radical (unpaired) electrons. The van der Waals surface area contributed by atoms with Gasteiger partial charge in [0, 0.05) is 23.5 Å². The summed E-state index contributed by atoms with van der Waals surface area (Å²) in [7, 11) is 0. The number of aromatic nitrogens is 1. The van der Waals surface area contributed by atoms with Crippen LogP contribution in [0.3, 0.4) is 0 Å². The van der Waals surface area contributed by atoms with Gasteiger partial charge in [0.1, 0.15) is 16.8 Å². The molecule has 0 bridgehead atoms. The molecule has 4 nitrogen and oxygen atoms in total. The van der Waals surface area contributed by atoms with Crippen molar-refractivity contribution in [1.29, 1.82) is 0 Å². The number of hydrogen-bond donors (Lipinski definition) is 1. The van der Waals surface area contributed by atoms with Gasteiger partial charge in [0.25, 0.3) is 0 Å². The lowest BCUT2D eigenvalue weighted by atomic mass is 10.1. The van der Waals surface area contributed by atoms with Gasteiger partial charge in [0.15, 0.2) is 0 Å². The summed E-state index contributed by atoms with van der Waals surface area (Å²) >= 11 is 0. The molecule has 2 aromatic heterocycles. The summed E-state index contributed by atoms with van der Waals surface area (Å²) in [5.74, 6) is 0.525. The maximum Gasteiger partial charge on any atom is 0.347 e. The predicted octanol–water partition coefficient (Wildman–Crippen LogP) is 2.94. The fourth-order valence-electron chi connectivity index (χ4n) is 2.12. The van der Waals surface area contributed by atoms with Crippen LogP contribution in [0.1, 0.15) is 0 Å². The van der Waals surface area contributed by atoms with E-state index in [2.05, 4.69) is 16.9 Å². The normalized spacial score (nSPS) is 10.7. The van der Waals surface area contributed by atoms with Crippen molar-refractivity contribution < 1.29 is 4.42 Å². The van der Waals surface area contributed by atoms with Gasteiger partial charge in [-0.3, -0.25) is 0 Å². The quantitative estimate of drug-likeness (QED) is 0.442. The lowest BCUT2D eigenvalue weighted by molar-refractivity contribution is 0.569. The van der Waals surface area contributed by atoms with Crippen molar-refractivity contribution in [2.75, 3.05) is 11.9 Å². The summed E-state index contributed by atoms with van der Waals surface area (Å²) in [4.78, 5) is 16.3. The molecule has 0 aliphatic heterocycles. The molecular weight excluding hydrogens is 240 g/mol. The monoisotopic (exact) mass is 252 g/mol. The molecule has 1 N–H and O–H groups in total. The average Bonchev–Trinajstić information content (AvgIpc) is 2.45. The predicted molar refractivity (Wildman–Crippen MR) is 76.5 cm³/mol. The minimum Gasteiger partial charge on any atom is -0.422 e. The van der Waals surface area contributed by atoms with Crippen molar-refractivity contribution >= 4 is 27.6 Å². The lowest BCUT2D eigenvalue weighted by Crippen LogP contribution is -2.07. The number of para-hydroxylation sites is 1. The summed E-state index contributed by atoms with van der Waals surface area (Å²) in [6.45, 7) is 4.18. The SMILES string of the molecule is C=CCNc1nccc2c1c(=O)oc1ccccc12. The zero-order valence-electron chi connectivity index (χ0n) is 10.2. The third-order valence-electron chi connectivity index (χ3n) is 2.95. The van der Waals surface area contributed by atoms with Crippen LogP contribution in [0.4, 0.5) is 5.82 Å². The Kier molecular flexibility index (Phi) is 2.76. The van der Waals surface area contributed by atoms with Crippen LogP contribution in [0.25, 0.3) is 21.7 Å². The van der Waals surface area contributed by atoms with Crippen LogP contribution in [0, 0.1) is 0 Å². The molecular formula is C15H12N2O2. The summed E-state index contributed by atoms with van der Waals surface area (Å²) < 4.78 is 5.33. The van der Waals surface area contributed by atoms with E-state index in [4.69, 9.17) is 4.42 Å². The molecule has 0 aliphatic rings. The molecule has 0 atom stereocenters. The van der Waals surface area contributed by atoms with Crippen LogP contribution in [0.15, 0.2) is 58.4 Å². The molecule has 4 heteroatoms. The second-order valence-corrected chi connectivity index (χ2v) is 4.14. The maximum atomic E-state index is 12.1. The first-order valence-corrected chi connectivity index (χ1v) is 5.96. The number of hydrogen-bond acceptors (Lipinski definition) is 4. The number of anilines is 1. The Morgan fingerprint density at radius 3 is 2.95 bits per heavy atom. The molecule has 0 saturated carbocycles. The van der Waals surface area contributed by atoms with Gasteiger partial charge in [-0.1, -0.05) is 24.3 Å². The molecule has 0 aliphatic carbocycles. The van der Waals surface area contributed by atoms with Crippen molar-refractivity contribution in [3.05, 3.63) is 59.6 Å². The number of nitrogens with zero attached hydrogens (tertiary/aromatic N) is 1. The fourth-order valence-corrected chi connectivity index (χ4v) is 2.12. The molecule has 1 aromatic carbocycles. The van der Waals surface area contributed by atoms with E-state index < -0.39 is 0 Å². The Labute approximate surface area is 109 Å². The fraction of sp³-hybridized carbons (Fsp3) is 0.0667. The standard InChI is InChI=1S/C15H12N2O2/c1-2-8-16-14-13-11(7-9-17-14)10-5-3-4-6-12(10)19-15(13)18/h2-7,9H,1,8H2,(H,16,17). The molecule has 19 heavy (non-hydrogen) atoms. The van der Waals surface area contributed by atoms with Gasteiger partial charge in [0.05, 0.1) is 0 Å². The average molecular weight is 252 g/mol. The smallest absolute Gasteiger partial charge is 0.347 e. The highest BCUT2D eigenvalue weighted by Gasteiger charge is 2.11. The molecule has 0 unspecified atom stereocenters.